The van der Waals surface area contributed by atoms with E-state index in [1.54, 1.807) is 0 Å². The van der Waals surface area contributed by atoms with Gasteiger partial charge in [0.1, 0.15) is 0 Å². The molecule has 0 bridgehead atoms. The lowest BCUT2D eigenvalue weighted by atomic mass is 9.92. The Morgan fingerprint density at radius 3 is 2.62 bits per heavy atom. The van der Waals surface area contributed by atoms with E-state index < -0.39 is 0 Å². The zero-order valence-corrected chi connectivity index (χ0v) is 11.4. The molecule has 1 aliphatic carbocycles. The van der Waals surface area contributed by atoms with Crippen molar-refractivity contribution >= 4 is 0 Å². The zero-order chi connectivity index (χ0) is 11.8. The fraction of sp³-hybridized carbons (Fsp3) is 1.00. The lowest BCUT2D eigenvalue weighted by Gasteiger charge is -2.49. The first-order valence-electron chi connectivity index (χ1n) is 7.04. The van der Waals surface area contributed by atoms with Gasteiger partial charge in [0.05, 0.1) is 0 Å². The highest BCUT2D eigenvalue weighted by atomic mass is 15.3. The highest BCUT2D eigenvalue weighted by Crippen LogP contribution is 2.36. The van der Waals surface area contributed by atoms with Gasteiger partial charge in [-0.3, -0.25) is 4.90 Å². The van der Waals surface area contributed by atoms with Gasteiger partial charge in [-0.1, -0.05) is 13.3 Å². The number of nitrogens with one attached hydrogen (secondary N) is 1. The molecule has 0 aromatic rings. The summed E-state index contributed by atoms with van der Waals surface area (Å²) in [6.07, 6.45) is 5.54. The molecule has 2 rings (SSSR count). The predicted octanol–water partition coefficient (Wildman–Crippen LogP) is 2.64. The first-order valence-corrected chi connectivity index (χ1v) is 7.04. The fourth-order valence-corrected chi connectivity index (χ4v) is 3.17. The molecular weight excluding hydrogens is 196 g/mol. The van der Waals surface area contributed by atoms with Gasteiger partial charge >= 0.3 is 0 Å². The van der Waals surface area contributed by atoms with Crippen molar-refractivity contribution in [3.8, 4) is 0 Å². The normalized spacial score (nSPS) is 32.6. The molecule has 1 heterocycles. The van der Waals surface area contributed by atoms with Gasteiger partial charge in [-0.25, -0.2) is 0 Å². The van der Waals surface area contributed by atoms with Gasteiger partial charge in [0, 0.05) is 30.7 Å². The van der Waals surface area contributed by atoms with Crippen molar-refractivity contribution in [1.82, 2.24) is 10.2 Å². The van der Waals surface area contributed by atoms with Gasteiger partial charge in [0.2, 0.25) is 0 Å². The van der Waals surface area contributed by atoms with Crippen LogP contribution in [0.3, 0.4) is 0 Å². The third-order valence-corrected chi connectivity index (χ3v) is 4.40. The van der Waals surface area contributed by atoms with Gasteiger partial charge in [-0.05, 0) is 46.0 Å². The second-order valence-corrected chi connectivity index (χ2v) is 6.43. The Balaban J connectivity index is 1.98. The average Bonchev–Trinajstić information content (AvgIpc) is 3.01. The van der Waals surface area contributed by atoms with E-state index in [1.165, 1.54) is 32.2 Å². The van der Waals surface area contributed by atoms with E-state index in [0.29, 0.717) is 5.54 Å². The molecule has 2 aliphatic rings. The van der Waals surface area contributed by atoms with E-state index >= 15 is 0 Å². The monoisotopic (exact) mass is 224 g/mol. The van der Waals surface area contributed by atoms with Crippen LogP contribution in [0.1, 0.15) is 53.4 Å². The minimum atomic E-state index is 0.333. The largest absolute Gasteiger partial charge is 0.311 e. The first-order chi connectivity index (χ1) is 7.54. The van der Waals surface area contributed by atoms with E-state index in [0.717, 1.165) is 24.5 Å². The highest BCUT2D eigenvalue weighted by Gasteiger charge is 2.41. The van der Waals surface area contributed by atoms with E-state index in [4.69, 9.17) is 0 Å². The summed E-state index contributed by atoms with van der Waals surface area (Å²) in [6, 6.07) is 1.51. The molecule has 0 amide bonds. The van der Waals surface area contributed by atoms with Crippen LogP contribution in [0.2, 0.25) is 0 Å². The van der Waals surface area contributed by atoms with Crippen LogP contribution in [0.5, 0.6) is 0 Å². The Bertz CT molecular complexity index is 233. The van der Waals surface area contributed by atoms with E-state index in [9.17, 15) is 0 Å². The van der Waals surface area contributed by atoms with Crippen LogP contribution < -0.4 is 5.32 Å². The lowest BCUT2D eigenvalue weighted by Crippen LogP contribution is -2.64. The van der Waals surface area contributed by atoms with Crippen LogP contribution in [-0.2, 0) is 0 Å². The SMILES string of the molecule is CCCC(C)N1CC(C2CC2)NCC1(C)C. The maximum atomic E-state index is 3.76. The fourth-order valence-electron chi connectivity index (χ4n) is 3.17. The number of rotatable bonds is 4. The Morgan fingerprint density at radius 2 is 2.06 bits per heavy atom. The molecular formula is C14H28N2. The molecule has 0 aromatic heterocycles. The molecule has 0 radical (unpaired) electrons. The molecule has 0 aromatic carbocycles. The summed E-state index contributed by atoms with van der Waals surface area (Å²) in [5.41, 5.74) is 0.333. The van der Waals surface area contributed by atoms with Gasteiger partial charge in [-0.15, -0.1) is 0 Å². The number of hydrogen-bond donors (Lipinski definition) is 1. The van der Waals surface area contributed by atoms with E-state index in [-0.39, 0.29) is 0 Å². The Labute approximate surface area is 101 Å². The van der Waals surface area contributed by atoms with Crippen LogP contribution in [0.4, 0.5) is 0 Å². The van der Waals surface area contributed by atoms with Crippen molar-refractivity contribution in [3.63, 3.8) is 0 Å². The summed E-state index contributed by atoms with van der Waals surface area (Å²) in [5, 5.41) is 3.76. The standard InChI is InChI=1S/C14H28N2/c1-5-6-11(2)16-9-13(12-7-8-12)15-10-14(16,3)4/h11-13,15H,5-10H2,1-4H3. The van der Waals surface area contributed by atoms with Crippen LogP contribution in [0.25, 0.3) is 0 Å². The summed E-state index contributed by atoms with van der Waals surface area (Å²) in [5.74, 6) is 0.979. The highest BCUT2D eigenvalue weighted by molar-refractivity contribution is 4.99. The van der Waals surface area contributed by atoms with Crippen LogP contribution in [0, 0.1) is 5.92 Å². The second-order valence-electron chi connectivity index (χ2n) is 6.43. The summed E-state index contributed by atoms with van der Waals surface area (Å²) >= 11 is 0. The number of piperazine rings is 1. The molecule has 1 N–H and O–H groups in total. The molecule has 16 heavy (non-hydrogen) atoms. The lowest BCUT2D eigenvalue weighted by molar-refractivity contribution is 0.0237. The quantitative estimate of drug-likeness (QED) is 0.790. The zero-order valence-electron chi connectivity index (χ0n) is 11.4. The predicted molar refractivity (Wildman–Crippen MR) is 69.7 cm³/mol. The molecule has 94 valence electrons. The molecule has 2 heteroatoms. The summed E-state index contributed by atoms with van der Waals surface area (Å²) < 4.78 is 0. The molecule has 2 nitrogen and oxygen atoms in total. The Morgan fingerprint density at radius 1 is 1.38 bits per heavy atom. The van der Waals surface area contributed by atoms with E-state index in [1.807, 2.05) is 0 Å². The number of hydrogen-bond acceptors (Lipinski definition) is 2. The van der Waals surface area contributed by atoms with Gasteiger partial charge in [0.25, 0.3) is 0 Å². The van der Waals surface area contributed by atoms with Crippen molar-refractivity contribution in [2.45, 2.75) is 71.0 Å². The number of nitrogens with zero attached hydrogens (tertiary/aromatic N) is 1. The van der Waals surface area contributed by atoms with Gasteiger partial charge < -0.3 is 5.32 Å². The first kappa shape index (κ1) is 12.4. The Hall–Kier alpha value is -0.0800. The molecule has 1 saturated heterocycles. The topological polar surface area (TPSA) is 15.3 Å². The van der Waals surface area contributed by atoms with Crippen molar-refractivity contribution in [1.29, 1.82) is 0 Å². The molecule has 2 fully saturated rings. The third-order valence-electron chi connectivity index (χ3n) is 4.40. The molecule has 2 unspecified atom stereocenters. The van der Waals surface area contributed by atoms with Crippen LogP contribution in [-0.4, -0.2) is 35.6 Å². The van der Waals surface area contributed by atoms with Crippen molar-refractivity contribution in [2.24, 2.45) is 5.92 Å². The molecule has 2 atom stereocenters. The van der Waals surface area contributed by atoms with Gasteiger partial charge in [-0.2, -0.15) is 0 Å². The average molecular weight is 224 g/mol. The molecule has 0 spiro atoms. The van der Waals surface area contributed by atoms with Gasteiger partial charge in [0.15, 0.2) is 0 Å². The molecule has 1 saturated carbocycles. The maximum Gasteiger partial charge on any atom is 0.0281 e. The minimum absolute atomic E-state index is 0.333. The summed E-state index contributed by atoms with van der Waals surface area (Å²) in [7, 11) is 0. The van der Waals surface area contributed by atoms with Crippen molar-refractivity contribution < 1.29 is 0 Å². The Kier molecular flexibility index (Phi) is 3.60. The van der Waals surface area contributed by atoms with Crippen LogP contribution >= 0.6 is 0 Å². The maximum absolute atomic E-state index is 3.76. The smallest absolute Gasteiger partial charge is 0.0281 e. The third kappa shape index (κ3) is 2.60. The van der Waals surface area contributed by atoms with E-state index in [2.05, 4.69) is 37.9 Å². The van der Waals surface area contributed by atoms with Crippen LogP contribution in [0.15, 0.2) is 0 Å². The van der Waals surface area contributed by atoms with Crippen molar-refractivity contribution in [3.05, 3.63) is 0 Å². The molecule has 1 aliphatic heterocycles. The second kappa shape index (κ2) is 4.66. The minimum Gasteiger partial charge on any atom is -0.311 e. The van der Waals surface area contributed by atoms with Crippen molar-refractivity contribution in [2.75, 3.05) is 13.1 Å². The summed E-state index contributed by atoms with van der Waals surface area (Å²) in [6.45, 7) is 11.9. The summed E-state index contributed by atoms with van der Waals surface area (Å²) in [4.78, 5) is 2.75.